The number of hydrogen-bond donors (Lipinski definition) is 3. The fourth-order valence-electron chi connectivity index (χ4n) is 2.01. The molecule has 4 N–H and O–H groups in total. The van der Waals surface area contributed by atoms with Gasteiger partial charge in [0.05, 0.1) is 0 Å². The standard InChI is InChI=1S/C13H19N3O/c1-15-13(17)10-4-2-9(3-5-10)8-16-12-6-11(14)7-12/h2-5,11-12,16H,6-8,14H2,1H3,(H,15,17). The van der Waals surface area contributed by atoms with Crippen molar-refractivity contribution < 1.29 is 4.79 Å². The Balaban J connectivity index is 1.83. The molecule has 4 heteroatoms. The number of carbonyl (C=O) groups excluding carboxylic acids is 1. The number of nitrogens with one attached hydrogen (secondary N) is 2. The van der Waals surface area contributed by atoms with Crippen LogP contribution in [0.5, 0.6) is 0 Å². The summed E-state index contributed by atoms with van der Waals surface area (Å²) in [5.74, 6) is -0.0468. The highest BCUT2D eigenvalue weighted by Gasteiger charge is 2.24. The van der Waals surface area contributed by atoms with Crippen molar-refractivity contribution in [1.29, 1.82) is 0 Å². The molecule has 4 nitrogen and oxygen atoms in total. The molecule has 1 fully saturated rings. The molecule has 0 radical (unpaired) electrons. The Morgan fingerprint density at radius 3 is 2.53 bits per heavy atom. The first kappa shape index (κ1) is 12.1. The lowest BCUT2D eigenvalue weighted by atomic mass is 9.87. The van der Waals surface area contributed by atoms with Crippen molar-refractivity contribution in [2.45, 2.75) is 31.5 Å². The molecule has 0 atom stereocenters. The number of carbonyl (C=O) groups is 1. The van der Waals surface area contributed by atoms with Crippen LogP contribution in [0.4, 0.5) is 0 Å². The Kier molecular flexibility index (Phi) is 3.76. The van der Waals surface area contributed by atoms with Gasteiger partial charge in [-0.25, -0.2) is 0 Å². The molecular weight excluding hydrogens is 214 g/mol. The summed E-state index contributed by atoms with van der Waals surface area (Å²) < 4.78 is 0. The Labute approximate surface area is 102 Å². The summed E-state index contributed by atoms with van der Waals surface area (Å²) in [6, 6.07) is 8.60. The third-order valence-corrected chi connectivity index (χ3v) is 3.21. The number of nitrogens with two attached hydrogens (primary N) is 1. The van der Waals surface area contributed by atoms with Crippen LogP contribution in [-0.4, -0.2) is 25.0 Å². The van der Waals surface area contributed by atoms with E-state index in [1.807, 2.05) is 24.3 Å². The number of rotatable bonds is 4. The molecule has 2 rings (SSSR count). The molecule has 17 heavy (non-hydrogen) atoms. The van der Waals surface area contributed by atoms with Crippen molar-refractivity contribution in [2.24, 2.45) is 5.73 Å². The summed E-state index contributed by atoms with van der Waals surface area (Å²) in [7, 11) is 1.64. The highest BCUT2D eigenvalue weighted by molar-refractivity contribution is 5.93. The van der Waals surface area contributed by atoms with Crippen molar-refractivity contribution >= 4 is 5.91 Å². The molecule has 0 aliphatic heterocycles. The van der Waals surface area contributed by atoms with Crippen LogP contribution < -0.4 is 16.4 Å². The number of hydrogen-bond acceptors (Lipinski definition) is 3. The van der Waals surface area contributed by atoms with E-state index in [0.717, 1.165) is 19.4 Å². The van der Waals surface area contributed by atoms with Gasteiger partial charge in [-0.1, -0.05) is 12.1 Å². The summed E-state index contributed by atoms with van der Waals surface area (Å²) >= 11 is 0. The van der Waals surface area contributed by atoms with Crippen LogP contribution in [0.15, 0.2) is 24.3 Å². The molecule has 0 spiro atoms. The molecule has 92 valence electrons. The van der Waals surface area contributed by atoms with E-state index < -0.39 is 0 Å². The molecule has 0 heterocycles. The van der Waals surface area contributed by atoms with Gasteiger partial charge in [-0.2, -0.15) is 0 Å². The van der Waals surface area contributed by atoms with Crippen molar-refractivity contribution in [3.05, 3.63) is 35.4 Å². The van der Waals surface area contributed by atoms with Gasteiger partial charge in [-0.3, -0.25) is 4.79 Å². The Hall–Kier alpha value is -1.39. The van der Waals surface area contributed by atoms with E-state index in [9.17, 15) is 4.79 Å². The molecule has 1 saturated carbocycles. The van der Waals surface area contributed by atoms with E-state index in [4.69, 9.17) is 5.73 Å². The van der Waals surface area contributed by atoms with Crippen LogP contribution in [0.25, 0.3) is 0 Å². The first-order chi connectivity index (χ1) is 8.19. The molecule has 1 aliphatic carbocycles. The molecule has 0 bridgehead atoms. The predicted molar refractivity (Wildman–Crippen MR) is 67.7 cm³/mol. The minimum atomic E-state index is -0.0468. The Bertz CT molecular complexity index is 382. The summed E-state index contributed by atoms with van der Waals surface area (Å²) in [6.45, 7) is 0.839. The van der Waals surface area contributed by atoms with Crippen LogP contribution >= 0.6 is 0 Å². The van der Waals surface area contributed by atoms with Crippen LogP contribution in [0.3, 0.4) is 0 Å². The first-order valence-electron chi connectivity index (χ1n) is 5.99. The largest absolute Gasteiger partial charge is 0.355 e. The summed E-state index contributed by atoms with van der Waals surface area (Å²) in [5, 5.41) is 6.05. The minimum Gasteiger partial charge on any atom is -0.355 e. The van der Waals surface area contributed by atoms with E-state index in [2.05, 4.69) is 10.6 Å². The van der Waals surface area contributed by atoms with Crippen LogP contribution in [0.1, 0.15) is 28.8 Å². The van der Waals surface area contributed by atoms with Crippen LogP contribution in [0, 0.1) is 0 Å². The van der Waals surface area contributed by atoms with Gasteiger partial charge in [0.15, 0.2) is 0 Å². The second kappa shape index (κ2) is 5.29. The zero-order chi connectivity index (χ0) is 12.3. The summed E-state index contributed by atoms with van der Waals surface area (Å²) in [4.78, 5) is 11.3. The third-order valence-electron chi connectivity index (χ3n) is 3.21. The van der Waals surface area contributed by atoms with Gasteiger partial charge in [0.1, 0.15) is 0 Å². The molecule has 1 aliphatic rings. The third kappa shape index (κ3) is 3.05. The Morgan fingerprint density at radius 2 is 2.00 bits per heavy atom. The van der Waals surface area contributed by atoms with Gasteiger partial charge in [-0.15, -0.1) is 0 Å². The van der Waals surface area contributed by atoms with Gasteiger partial charge in [-0.05, 0) is 30.5 Å². The smallest absolute Gasteiger partial charge is 0.251 e. The lowest BCUT2D eigenvalue weighted by molar-refractivity contribution is 0.0963. The molecule has 0 aromatic heterocycles. The molecule has 1 aromatic carbocycles. The zero-order valence-corrected chi connectivity index (χ0v) is 10.1. The molecule has 1 amide bonds. The maximum Gasteiger partial charge on any atom is 0.251 e. The van der Waals surface area contributed by atoms with Crippen molar-refractivity contribution in [3.8, 4) is 0 Å². The highest BCUT2D eigenvalue weighted by atomic mass is 16.1. The Morgan fingerprint density at radius 1 is 1.35 bits per heavy atom. The lowest BCUT2D eigenvalue weighted by Crippen LogP contribution is -2.48. The van der Waals surface area contributed by atoms with Crippen LogP contribution in [0.2, 0.25) is 0 Å². The minimum absolute atomic E-state index is 0.0468. The monoisotopic (exact) mass is 233 g/mol. The molecule has 0 saturated heterocycles. The van der Waals surface area contributed by atoms with Gasteiger partial charge in [0, 0.05) is 31.2 Å². The van der Waals surface area contributed by atoms with E-state index in [1.54, 1.807) is 7.05 Å². The van der Waals surface area contributed by atoms with Crippen LogP contribution in [-0.2, 0) is 6.54 Å². The average molecular weight is 233 g/mol. The van der Waals surface area contributed by atoms with Crippen molar-refractivity contribution in [3.63, 3.8) is 0 Å². The SMILES string of the molecule is CNC(=O)c1ccc(CNC2CC(N)C2)cc1. The highest BCUT2D eigenvalue weighted by Crippen LogP contribution is 2.17. The molecular formula is C13H19N3O. The average Bonchev–Trinajstić information content (AvgIpc) is 2.33. The molecule has 1 aromatic rings. The van der Waals surface area contributed by atoms with Gasteiger partial charge >= 0.3 is 0 Å². The fourth-order valence-corrected chi connectivity index (χ4v) is 2.01. The van der Waals surface area contributed by atoms with E-state index >= 15 is 0 Å². The summed E-state index contributed by atoms with van der Waals surface area (Å²) in [5.41, 5.74) is 7.61. The number of benzene rings is 1. The fraction of sp³-hybridized carbons (Fsp3) is 0.462. The number of amides is 1. The predicted octanol–water partition coefficient (Wildman–Crippen LogP) is 0.626. The lowest BCUT2D eigenvalue weighted by Gasteiger charge is -2.33. The van der Waals surface area contributed by atoms with E-state index in [0.29, 0.717) is 17.6 Å². The van der Waals surface area contributed by atoms with Gasteiger partial charge in [0.2, 0.25) is 0 Å². The second-order valence-corrected chi connectivity index (χ2v) is 4.59. The van der Waals surface area contributed by atoms with E-state index in [1.165, 1.54) is 5.56 Å². The molecule has 0 unspecified atom stereocenters. The maximum absolute atomic E-state index is 11.3. The zero-order valence-electron chi connectivity index (χ0n) is 10.1. The van der Waals surface area contributed by atoms with Gasteiger partial charge in [0.25, 0.3) is 5.91 Å². The summed E-state index contributed by atoms with van der Waals surface area (Å²) in [6.07, 6.45) is 2.13. The normalized spacial score (nSPS) is 22.9. The second-order valence-electron chi connectivity index (χ2n) is 4.59. The van der Waals surface area contributed by atoms with Gasteiger partial charge < -0.3 is 16.4 Å². The first-order valence-corrected chi connectivity index (χ1v) is 5.99. The topological polar surface area (TPSA) is 67.2 Å². The van der Waals surface area contributed by atoms with Crippen molar-refractivity contribution in [2.75, 3.05) is 7.05 Å². The maximum atomic E-state index is 11.3. The van der Waals surface area contributed by atoms with E-state index in [-0.39, 0.29) is 5.91 Å². The quantitative estimate of drug-likeness (QED) is 0.714. The van der Waals surface area contributed by atoms with Crippen molar-refractivity contribution in [1.82, 2.24) is 10.6 Å².